The largest absolute Gasteiger partial charge is 0.0864 e. The second kappa shape index (κ2) is 7.38. The van der Waals surface area contributed by atoms with Crippen LogP contribution in [0.4, 0.5) is 0 Å². The fourth-order valence-corrected chi connectivity index (χ4v) is 2.27. The Labute approximate surface area is 85.3 Å². The first-order valence-corrected chi connectivity index (χ1v) is 6.25. The first-order valence-electron chi connectivity index (χ1n) is 4.72. The van der Waals surface area contributed by atoms with Gasteiger partial charge in [-0.15, -0.1) is 0 Å². The van der Waals surface area contributed by atoms with Crippen molar-refractivity contribution in [2.75, 3.05) is 4.43 Å². The Balaban J connectivity index is 3.10. The molecule has 0 bridgehead atoms. The van der Waals surface area contributed by atoms with Crippen LogP contribution in [0.15, 0.2) is 0 Å². The SMILES string of the molecule is CC(C)CCCC(C)CCI. The van der Waals surface area contributed by atoms with Crippen molar-refractivity contribution >= 4 is 22.6 Å². The minimum absolute atomic E-state index is 0.891. The van der Waals surface area contributed by atoms with E-state index in [0.29, 0.717) is 0 Å². The summed E-state index contributed by atoms with van der Waals surface area (Å²) in [6.45, 7) is 6.99. The summed E-state index contributed by atoms with van der Waals surface area (Å²) in [6, 6.07) is 0. The Kier molecular flexibility index (Phi) is 7.87. The zero-order chi connectivity index (χ0) is 8.69. The van der Waals surface area contributed by atoms with Crippen molar-refractivity contribution in [1.82, 2.24) is 0 Å². The van der Waals surface area contributed by atoms with Crippen LogP contribution in [-0.4, -0.2) is 4.43 Å². The molecule has 1 heteroatoms. The number of hydrogen-bond acceptors (Lipinski definition) is 0. The van der Waals surface area contributed by atoms with Gasteiger partial charge in [0.1, 0.15) is 0 Å². The van der Waals surface area contributed by atoms with E-state index in [1.165, 1.54) is 30.1 Å². The van der Waals surface area contributed by atoms with Gasteiger partial charge in [0.25, 0.3) is 0 Å². The molecule has 1 unspecified atom stereocenters. The van der Waals surface area contributed by atoms with Crippen molar-refractivity contribution in [3.8, 4) is 0 Å². The Morgan fingerprint density at radius 1 is 1.00 bits per heavy atom. The normalized spacial score (nSPS) is 13.9. The van der Waals surface area contributed by atoms with Crippen LogP contribution in [0, 0.1) is 11.8 Å². The van der Waals surface area contributed by atoms with E-state index in [2.05, 4.69) is 43.4 Å². The lowest BCUT2D eigenvalue weighted by Gasteiger charge is -2.09. The summed E-state index contributed by atoms with van der Waals surface area (Å²) in [4.78, 5) is 0. The van der Waals surface area contributed by atoms with Crippen LogP contribution >= 0.6 is 22.6 Å². The quantitative estimate of drug-likeness (QED) is 0.498. The van der Waals surface area contributed by atoms with Crippen molar-refractivity contribution in [2.24, 2.45) is 11.8 Å². The summed E-state index contributed by atoms with van der Waals surface area (Å²) in [6.07, 6.45) is 5.67. The van der Waals surface area contributed by atoms with Crippen LogP contribution in [0.25, 0.3) is 0 Å². The molecule has 0 amide bonds. The molecule has 0 aromatic rings. The summed E-state index contributed by atoms with van der Waals surface area (Å²) in [5.41, 5.74) is 0. The molecule has 0 fully saturated rings. The fraction of sp³-hybridized carbons (Fsp3) is 1.00. The van der Waals surface area contributed by atoms with Crippen molar-refractivity contribution in [2.45, 2.75) is 46.5 Å². The van der Waals surface area contributed by atoms with Gasteiger partial charge in [0.15, 0.2) is 0 Å². The Bertz CT molecular complexity index is 78.9. The van der Waals surface area contributed by atoms with Crippen LogP contribution in [0.5, 0.6) is 0 Å². The molecule has 0 N–H and O–H groups in total. The summed E-state index contributed by atoms with van der Waals surface area (Å²) >= 11 is 2.47. The lowest BCUT2D eigenvalue weighted by atomic mass is 9.98. The van der Waals surface area contributed by atoms with Crippen LogP contribution in [0.2, 0.25) is 0 Å². The molecule has 0 saturated carbocycles. The maximum absolute atomic E-state index is 2.47. The summed E-state index contributed by atoms with van der Waals surface area (Å²) < 4.78 is 1.32. The van der Waals surface area contributed by atoms with Crippen molar-refractivity contribution in [3.63, 3.8) is 0 Å². The van der Waals surface area contributed by atoms with E-state index in [1.807, 2.05) is 0 Å². The maximum Gasteiger partial charge on any atom is -0.000219 e. The molecule has 0 aromatic carbocycles. The summed E-state index contributed by atoms with van der Waals surface area (Å²) in [5, 5.41) is 0. The monoisotopic (exact) mass is 268 g/mol. The number of rotatable bonds is 6. The van der Waals surface area contributed by atoms with Crippen molar-refractivity contribution in [3.05, 3.63) is 0 Å². The number of hydrogen-bond donors (Lipinski definition) is 0. The van der Waals surface area contributed by atoms with Gasteiger partial charge in [0.2, 0.25) is 0 Å². The zero-order valence-corrected chi connectivity index (χ0v) is 10.2. The van der Waals surface area contributed by atoms with Crippen LogP contribution in [0.1, 0.15) is 46.5 Å². The third-order valence-corrected chi connectivity index (χ3v) is 2.70. The van der Waals surface area contributed by atoms with Gasteiger partial charge in [0, 0.05) is 0 Å². The van der Waals surface area contributed by atoms with Gasteiger partial charge in [-0.3, -0.25) is 0 Å². The average Bonchev–Trinajstić information content (AvgIpc) is 1.87. The van der Waals surface area contributed by atoms with E-state index in [1.54, 1.807) is 0 Å². The van der Waals surface area contributed by atoms with Gasteiger partial charge in [0.05, 0.1) is 0 Å². The van der Waals surface area contributed by atoms with E-state index in [-0.39, 0.29) is 0 Å². The molecule has 11 heavy (non-hydrogen) atoms. The average molecular weight is 268 g/mol. The first-order chi connectivity index (χ1) is 5.16. The summed E-state index contributed by atoms with van der Waals surface area (Å²) in [7, 11) is 0. The molecule has 0 radical (unpaired) electrons. The zero-order valence-electron chi connectivity index (χ0n) is 8.07. The van der Waals surface area contributed by atoms with Gasteiger partial charge in [-0.2, -0.15) is 0 Å². The highest BCUT2D eigenvalue weighted by atomic mass is 127. The third-order valence-electron chi connectivity index (χ3n) is 2.08. The van der Waals surface area contributed by atoms with E-state index < -0.39 is 0 Å². The first kappa shape index (κ1) is 11.7. The van der Waals surface area contributed by atoms with E-state index in [9.17, 15) is 0 Å². The highest BCUT2D eigenvalue weighted by Gasteiger charge is 2.01. The smallest absolute Gasteiger partial charge is 0.000219 e. The number of halogens is 1. The summed E-state index contributed by atoms with van der Waals surface area (Å²) in [5.74, 6) is 1.84. The molecule has 0 aromatic heterocycles. The molecule has 0 rings (SSSR count). The molecular weight excluding hydrogens is 247 g/mol. The molecule has 0 nitrogen and oxygen atoms in total. The molecule has 68 valence electrons. The molecular formula is C10H21I. The fourth-order valence-electron chi connectivity index (χ4n) is 1.21. The van der Waals surface area contributed by atoms with Crippen LogP contribution in [0.3, 0.4) is 0 Å². The highest BCUT2D eigenvalue weighted by Crippen LogP contribution is 2.15. The van der Waals surface area contributed by atoms with Crippen molar-refractivity contribution < 1.29 is 0 Å². The minimum atomic E-state index is 0.891. The van der Waals surface area contributed by atoms with E-state index >= 15 is 0 Å². The molecule has 0 heterocycles. The predicted molar refractivity (Wildman–Crippen MR) is 61.4 cm³/mol. The Morgan fingerprint density at radius 2 is 1.64 bits per heavy atom. The van der Waals surface area contributed by atoms with Crippen LogP contribution < -0.4 is 0 Å². The second-order valence-electron chi connectivity index (χ2n) is 3.91. The van der Waals surface area contributed by atoms with Crippen LogP contribution in [-0.2, 0) is 0 Å². The molecule has 1 atom stereocenters. The lowest BCUT2D eigenvalue weighted by Crippen LogP contribution is -1.96. The van der Waals surface area contributed by atoms with Gasteiger partial charge >= 0.3 is 0 Å². The van der Waals surface area contributed by atoms with Gasteiger partial charge in [-0.1, -0.05) is 62.6 Å². The molecule has 0 aliphatic rings. The maximum atomic E-state index is 2.47. The minimum Gasteiger partial charge on any atom is -0.0864 e. The van der Waals surface area contributed by atoms with E-state index in [4.69, 9.17) is 0 Å². The molecule has 0 spiro atoms. The third kappa shape index (κ3) is 8.64. The van der Waals surface area contributed by atoms with Crippen molar-refractivity contribution in [1.29, 1.82) is 0 Å². The Hall–Kier alpha value is 0.730. The van der Waals surface area contributed by atoms with Gasteiger partial charge in [-0.25, -0.2) is 0 Å². The highest BCUT2D eigenvalue weighted by molar-refractivity contribution is 14.1. The molecule has 0 aliphatic heterocycles. The lowest BCUT2D eigenvalue weighted by molar-refractivity contribution is 0.452. The second-order valence-corrected chi connectivity index (χ2v) is 4.99. The standard InChI is InChI=1S/C10H21I/c1-9(2)5-4-6-10(3)7-8-11/h9-10H,4-8H2,1-3H3. The van der Waals surface area contributed by atoms with E-state index in [0.717, 1.165) is 11.8 Å². The Morgan fingerprint density at radius 3 is 2.09 bits per heavy atom. The number of alkyl halides is 1. The topological polar surface area (TPSA) is 0 Å². The molecule has 0 saturated heterocycles. The molecule has 0 aliphatic carbocycles. The van der Waals surface area contributed by atoms with Gasteiger partial charge < -0.3 is 0 Å². The van der Waals surface area contributed by atoms with Gasteiger partial charge in [-0.05, 0) is 22.7 Å². The predicted octanol–water partition coefficient (Wildman–Crippen LogP) is 4.27.